The zero-order chi connectivity index (χ0) is 19.1. The minimum atomic E-state index is 0.892. The van der Waals surface area contributed by atoms with E-state index < -0.39 is 0 Å². The Bertz CT molecular complexity index is 931. The number of furan rings is 1. The lowest BCUT2D eigenvalue weighted by Gasteiger charge is -2.10. The quantitative estimate of drug-likeness (QED) is 0.327. The molecule has 0 unspecified atom stereocenters. The van der Waals surface area contributed by atoms with Crippen molar-refractivity contribution in [3.05, 3.63) is 54.1 Å². The third-order valence-corrected chi connectivity index (χ3v) is 5.49. The van der Waals surface area contributed by atoms with E-state index in [0.717, 1.165) is 33.7 Å². The molecule has 0 aliphatic rings. The molecule has 1 heterocycles. The van der Waals surface area contributed by atoms with E-state index in [-0.39, 0.29) is 0 Å². The highest BCUT2D eigenvalue weighted by Gasteiger charge is 2.17. The summed E-state index contributed by atoms with van der Waals surface area (Å²) in [5.74, 6) is 7.55. The predicted molar refractivity (Wildman–Crippen MR) is 117 cm³/mol. The molecule has 0 N–H and O–H groups in total. The van der Waals surface area contributed by atoms with Gasteiger partial charge in [-0.25, -0.2) is 0 Å². The van der Waals surface area contributed by atoms with Crippen molar-refractivity contribution >= 4 is 28.6 Å². The number of anilines is 1. The van der Waals surface area contributed by atoms with E-state index in [1.54, 1.807) is 11.8 Å². The van der Waals surface area contributed by atoms with Crippen LogP contribution in [0.3, 0.4) is 0 Å². The molecule has 3 aromatic rings. The molecule has 0 fully saturated rings. The number of hydrogen-bond acceptors (Lipinski definition) is 3. The number of fused-ring (bicyclic) bond motifs is 1. The first kappa shape index (κ1) is 19.5. The third-order valence-electron chi connectivity index (χ3n) is 4.38. The van der Waals surface area contributed by atoms with Gasteiger partial charge in [-0.15, -0.1) is 0 Å². The molecule has 140 valence electrons. The molecular formula is C24H27NOS. The van der Waals surface area contributed by atoms with Crippen LogP contribution in [-0.4, -0.2) is 14.1 Å². The van der Waals surface area contributed by atoms with Crippen molar-refractivity contribution in [2.75, 3.05) is 19.0 Å². The Kier molecular flexibility index (Phi) is 6.90. The van der Waals surface area contributed by atoms with Crippen LogP contribution in [0.4, 0.5) is 5.88 Å². The summed E-state index contributed by atoms with van der Waals surface area (Å²) in [5.41, 5.74) is 1.96. The lowest BCUT2D eigenvalue weighted by molar-refractivity contribution is 0.602. The number of unbranched alkanes of at least 4 members (excludes halogenated alkanes) is 4. The molecule has 0 saturated heterocycles. The minimum absolute atomic E-state index is 0.892. The van der Waals surface area contributed by atoms with Crippen LogP contribution < -0.4 is 4.90 Å². The van der Waals surface area contributed by atoms with E-state index in [9.17, 15) is 0 Å². The fourth-order valence-corrected chi connectivity index (χ4v) is 4.05. The first-order valence-electron chi connectivity index (χ1n) is 9.64. The molecule has 0 spiro atoms. The molecule has 0 amide bonds. The Hall–Kier alpha value is -2.31. The van der Waals surface area contributed by atoms with Gasteiger partial charge in [0.2, 0.25) is 5.88 Å². The smallest absolute Gasteiger partial charge is 0.210 e. The molecule has 0 bridgehead atoms. The summed E-state index contributed by atoms with van der Waals surface area (Å²) in [6.45, 7) is 2.23. The molecule has 2 aromatic carbocycles. The summed E-state index contributed by atoms with van der Waals surface area (Å²) >= 11 is 1.74. The molecule has 3 heteroatoms. The number of nitrogens with zero attached hydrogens (tertiary/aromatic N) is 1. The van der Waals surface area contributed by atoms with Crippen molar-refractivity contribution in [3.63, 3.8) is 0 Å². The molecule has 0 saturated carbocycles. The minimum Gasteiger partial charge on any atom is -0.439 e. The topological polar surface area (TPSA) is 16.4 Å². The van der Waals surface area contributed by atoms with Crippen LogP contribution >= 0.6 is 11.8 Å². The highest BCUT2D eigenvalue weighted by atomic mass is 32.2. The first-order valence-corrected chi connectivity index (χ1v) is 10.5. The van der Waals surface area contributed by atoms with Gasteiger partial charge < -0.3 is 9.32 Å². The van der Waals surface area contributed by atoms with Crippen LogP contribution in [0.2, 0.25) is 0 Å². The second-order valence-corrected chi connectivity index (χ2v) is 7.95. The van der Waals surface area contributed by atoms with Crippen LogP contribution in [0.1, 0.15) is 44.6 Å². The van der Waals surface area contributed by atoms with Crippen molar-refractivity contribution in [1.82, 2.24) is 0 Å². The molecule has 0 aliphatic carbocycles. The van der Waals surface area contributed by atoms with Crippen molar-refractivity contribution < 1.29 is 4.42 Å². The molecule has 3 rings (SSSR count). The summed E-state index contributed by atoms with van der Waals surface area (Å²) in [7, 11) is 4.04. The molecule has 0 radical (unpaired) electrons. The SMILES string of the molecule is CCCCCCC#Cc1ccc2oc(N(C)C)c(Sc3ccccc3)c2c1. The van der Waals surface area contributed by atoms with Crippen LogP contribution in [-0.2, 0) is 0 Å². The second kappa shape index (κ2) is 9.58. The molecule has 0 atom stereocenters. The lowest BCUT2D eigenvalue weighted by Crippen LogP contribution is -2.08. The van der Waals surface area contributed by atoms with Crippen molar-refractivity contribution in [3.8, 4) is 11.8 Å². The normalized spacial score (nSPS) is 10.6. The fourth-order valence-electron chi connectivity index (χ4n) is 2.94. The monoisotopic (exact) mass is 377 g/mol. The van der Waals surface area contributed by atoms with Gasteiger partial charge >= 0.3 is 0 Å². The van der Waals surface area contributed by atoms with Crippen LogP contribution in [0.5, 0.6) is 0 Å². The van der Waals surface area contributed by atoms with Gasteiger partial charge in [0.05, 0.1) is 4.90 Å². The molecular weight excluding hydrogens is 350 g/mol. The van der Waals surface area contributed by atoms with Crippen molar-refractivity contribution in [2.45, 2.75) is 48.8 Å². The Morgan fingerprint density at radius 3 is 2.56 bits per heavy atom. The molecule has 1 aromatic heterocycles. The maximum atomic E-state index is 6.11. The number of hydrogen-bond donors (Lipinski definition) is 0. The fraction of sp³-hybridized carbons (Fsp3) is 0.333. The Labute approximate surface area is 166 Å². The average Bonchev–Trinajstić information content (AvgIpc) is 3.03. The third kappa shape index (κ3) is 5.11. The van der Waals surface area contributed by atoms with Crippen LogP contribution in [0, 0.1) is 11.8 Å². The predicted octanol–water partition coefficient (Wildman–Crippen LogP) is 6.97. The van der Waals surface area contributed by atoms with Gasteiger partial charge in [-0.2, -0.15) is 0 Å². The summed E-state index contributed by atoms with van der Waals surface area (Å²) in [6.07, 6.45) is 6.00. The molecule has 0 aliphatic heterocycles. The van der Waals surface area contributed by atoms with Crippen molar-refractivity contribution in [2.24, 2.45) is 0 Å². The summed E-state index contributed by atoms with van der Waals surface area (Å²) < 4.78 is 6.11. The van der Waals surface area contributed by atoms with Crippen LogP contribution in [0.15, 0.2) is 62.7 Å². The maximum Gasteiger partial charge on any atom is 0.210 e. The zero-order valence-corrected chi connectivity index (χ0v) is 17.2. The number of benzene rings is 2. The van der Waals surface area contributed by atoms with E-state index in [0.29, 0.717) is 0 Å². The lowest BCUT2D eigenvalue weighted by atomic mass is 10.1. The van der Waals surface area contributed by atoms with E-state index in [1.165, 1.54) is 30.6 Å². The van der Waals surface area contributed by atoms with E-state index >= 15 is 0 Å². The Morgan fingerprint density at radius 1 is 1.00 bits per heavy atom. The summed E-state index contributed by atoms with van der Waals surface area (Å²) in [6, 6.07) is 16.7. The Balaban J connectivity index is 1.88. The zero-order valence-electron chi connectivity index (χ0n) is 16.4. The van der Waals surface area contributed by atoms with Crippen LogP contribution in [0.25, 0.3) is 11.0 Å². The maximum absolute atomic E-state index is 6.11. The standard InChI is InChI=1S/C24H27NOS/c1-4-5-6-7-8-10-13-19-16-17-22-21(18-19)23(24(26-22)25(2)3)27-20-14-11-9-12-15-20/h9,11-12,14-18H,4-8H2,1-3H3. The van der Waals surface area contributed by atoms with E-state index in [4.69, 9.17) is 4.42 Å². The van der Waals surface area contributed by atoms with E-state index in [2.05, 4.69) is 55.2 Å². The first-order chi connectivity index (χ1) is 13.2. The second-order valence-electron chi connectivity index (χ2n) is 6.87. The van der Waals surface area contributed by atoms with Gasteiger partial charge in [0.15, 0.2) is 0 Å². The van der Waals surface area contributed by atoms with Crippen molar-refractivity contribution in [1.29, 1.82) is 0 Å². The highest BCUT2D eigenvalue weighted by Crippen LogP contribution is 2.42. The van der Waals surface area contributed by atoms with Gasteiger partial charge in [-0.3, -0.25) is 0 Å². The van der Waals surface area contributed by atoms with Gasteiger partial charge in [-0.05, 0) is 36.8 Å². The summed E-state index contributed by atoms with van der Waals surface area (Å²) in [4.78, 5) is 4.38. The Morgan fingerprint density at radius 2 is 1.81 bits per heavy atom. The molecule has 2 nitrogen and oxygen atoms in total. The van der Waals surface area contributed by atoms with Gasteiger partial charge in [-0.1, -0.05) is 68.0 Å². The molecule has 27 heavy (non-hydrogen) atoms. The summed E-state index contributed by atoms with van der Waals surface area (Å²) in [5, 5.41) is 1.13. The van der Waals surface area contributed by atoms with E-state index in [1.807, 2.05) is 31.1 Å². The van der Waals surface area contributed by atoms with Gasteiger partial charge in [0.1, 0.15) is 5.58 Å². The highest BCUT2D eigenvalue weighted by molar-refractivity contribution is 7.99. The largest absolute Gasteiger partial charge is 0.439 e. The number of rotatable bonds is 7. The van der Waals surface area contributed by atoms with Gasteiger partial charge in [0, 0.05) is 36.4 Å². The average molecular weight is 378 g/mol. The van der Waals surface area contributed by atoms with Gasteiger partial charge in [0.25, 0.3) is 0 Å².